The molecule has 1 aromatic heterocycles. The minimum absolute atomic E-state index is 0.238. The molecular formula is C12H9FO2S. The number of carbonyl (C=O) groups is 1. The molecule has 2 nitrogen and oxygen atoms in total. The number of thiophene rings is 1. The number of hydrogen-bond acceptors (Lipinski definition) is 2. The molecule has 0 saturated heterocycles. The Morgan fingerprint density at radius 3 is 2.62 bits per heavy atom. The Balaban J connectivity index is 2.46. The summed E-state index contributed by atoms with van der Waals surface area (Å²) < 4.78 is 13.2. The SMILES string of the molecule is Cc1cc(F)cc(-c2cc(C(=O)O)cs2)c1. The summed E-state index contributed by atoms with van der Waals surface area (Å²) in [4.78, 5) is 11.5. The van der Waals surface area contributed by atoms with Gasteiger partial charge in [-0.05, 0) is 36.2 Å². The van der Waals surface area contributed by atoms with Crippen LogP contribution in [0.15, 0.2) is 29.6 Å². The summed E-state index contributed by atoms with van der Waals surface area (Å²) >= 11 is 1.30. The van der Waals surface area contributed by atoms with Gasteiger partial charge in [-0.1, -0.05) is 6.07 Å². The van der Waals surface area contributed by atoms with Crippen molar-refractivity contribution < 1.29 is 14.3 Å². The molecule has 2 aromatic rings. The zero-order valence-electron chi connectivity index (χ0n) is 8.53. The van der Waals surface area contributed by atoms with Crippen molar-refractivity contribution in [3.63, 3.8) is 0 Å². The van der Waals surface area contributed by atoms with Crippen LogP contribution in [0.1, 0.15) is 15.9 Å². The molecule has 0 aliphatic heterocycles. The Kier molecular flexibility index (Phi) is 2.75. The van der Waals surface area contributed by atoms with E-state index in [1.807, 2.05) is 6.07 Å². The van der Waals surface area contributed by atoms with Crippen molar-refractivity contribution in [1.82, 2.24) is 0 Å². The molecule has 1 N–H and O–H groups in total. The van der Waals surface area contributed by atoms with E-state index in [1.54, 1.807) is 18.4 Å². The van der Waals surface area contributed by atoms with Crippen molar-refractivity contribution in [3.05, 3.63) is 46.6 Å². The number of carboxylic acid groups (broad SMARTS) is 1. The van der Waals surface area contributed by atoms with Crippen LogP contribution in [0.25, 0.3) is 10.4 Å². The van der Waals surface area contributed by atoms with Crippen LogP contribution >= 0.6 is 11.3 Å². The molecule has 0 radical (unpaired) electrons. The van der Waals surface area contributed by atoms with E-state index in [9.17, 15) is 9.18 Å². The van der Waals surface area contributed by atoms with Crippen LogP contribution < -0.4 is 0 Å². The van der Waals surface area contributed by atoms with Gasteiger partial charge in [-0.15, -0.1) is 11.3 Å². The largest absolute Gasteiger partial charge is 0.478 e. The monoisotopic (exact) mass is 236 g/mol. The van der Waals surface area contributed by atoms with Crippen molar-refractivity contribution in [1.29, 1.82) is 0 Å². The van der Waals surface area contributed by atoms with E-state index in [0.717, 1.165) is 16.0 Å². The molecule has 82 valence electrons. The molecule has 0 unspecified atom stereocenters. The number of halogens is 1. The van der Waals surface area contributed by atoms with Crippen molar-refractivity contribution in [2.45, 2.75) is 6.92 Å². The molecular weight excluding hydrogens is 227 g/mol. The first kappa shape index (κ1) is 10.8. The van der Waals surface area contributed by atoms with Crippen LogP contribution in [0.2, 0.25) is 0 Å². The fraction of sp³-hybridized carbons (Fsp3) is 0.0833. The normalized spacial score (nSPS) is 10.4. The summed E-state index contributed by atoms with van der Waals surface area (Å²) in [5.41, 5.74) is 1.78. The smallest absolute Gasteiger partial charge is 0.336 e. The first-order valence-electron chi connectivity index (χ1n) is 4.65. The molecule has 0 atom stereocenters. The average molecular weight is 236 g/mol. The van der Waals surface area contributed by atoms with Gasteiger partial charge in [0, 0.05) is 10.3 Å². The van der Waals surface area contributed by atoms with Gasteiger partial charge in [0.1, 0.15) is 5.82 Å². The minimum atomic E-state index is -0.962. The molecule has 4 heteroatoms. The molecule has 2 rings (SSSR count). The van der Waals surface area contributed by atoms with Gasteiger partial charge in [-0.25, -0.2) is 9.18 Å². The topological polar surface area (TPSA) is 37.3 Å². The number of aromatic carboxylic acids is 1. The minimum Gasteiger partial charge on any atom is -0.478 e. The number of aryl methyl sites for hydroxylation is 1. The van der Waals surface area contributed by atoms with Gasteiger partial charge in [0.05, 0.1) is 5.56 Å². The summed E-state index contributed by atoms with van der Waals surface area (Å²) in [6.45, 7) is 1.80. The summed E-state index contributed by atoms with van der Waals surface area (Å²) in [7, 11) is 0. The zero-order valence-corrected chi connectivity index (χ0v) is 9.34. The summed E-state index contributed by atoms with van der Waals surface area (Å²) in [6.07, 6.45) is 0. The van der Waals surface area contributed by atoms with Gasteiger partial charge in [0.25, 0.3) is 0 Å². The molecule has 0 aliphatic carbocycles. The first-order chi connectivity index (χ1) is 7.56. The molecule has 0 spiro atoms. The van der Waals surface area contributed by atoms with E-state index in [1.165, 1.54) is 23.5 Å². The van der Waals surface area contributed by atoms with Crippen LogP contribution in [0.5, 0.6) is 0 Å². The quantitative estimate of drug-likeness (QED) is 0.865. The fourth-order valence-corrected chi connectivity index (χ4v) is 2.35. The van der Waals surface area contributed by atoms with E-state index in [4.69, 9.17) is 5.11 Å². The van der Waals surface area contributed by atoms with Gasteiger partial charge in [0.2, 0.25) is 0 Å². The Morgan fingerprint density at radius 2 is 2.06 bits per heavy atom. The second-order valence-corrected chi connectivity index (χ2v) is 4.43. The van der Waals surface area contributed by atoms with Crippen LogP contribution in [-0.2, 0) is 0 Å². The van der Waals surface area contributed by atoms with Crippen LogP contribution in [0.4, 0.5) is 4.39 Å². The lowest BCUT2D eigenvalue weighted by Crippen LogP contribution is -1.91. The molecule has 16 heavy (non-hydrogen) atoms. The molecule has 1 aromatic carbocycles. The highest BCUT2D eigenvalue weighted by atomic mass is 32.1. The molecule has 0 aliphatic rings. The Morgan fingerprint density at radius 1 is 1.31 bits per heavy atom. The molecule has 0 amide bonds. The Labute approximate surface area is 96.0 Å². The zero-order chi connectivity index (χ0) is 11.7. The molecule has 1 heterocycles. The Bertz CT molecular complexity index is 525. The van der Waals surface area contributed by atoms with Gasteiger partial charge >= 0.3 is 5.97 Å². The van der Waals surface area contributed by atoms with E-state index in [-0.39, 0.29) is 11.4 Å². The number of carboxylic acids is 1. The fourth-order valence-electron chi connectivity index (χ4n) is 1.48. The van der Waals surface area contributed by atoms with E-state index >= 15 is 0 Å². The van der Waals surface area contributed by atoms with E-state index in [2.05, 4.69) is 0 Å². The molecule has 0 bridgehead atoms. The average Bonchev–Trinajstić information content (AvgIpc) is 2.64. The van der Waals surface area contributed by atoms with Gasteiger partial charge < -0.3 is 5.11 Å². The lowest BCUT2D eigenvalue weighted by molar-refractivity contribution is 0.0697. The second-order valence-electron chi connectivity index (χ2n) is 3.52. The lowest BCUT2D eigenvalue weighted by atomic mass is 10.1. The van der Waals surface area contributed by atoms with E-state index in [0.29, 0.717) is 0 Å². The van der Waals surface area contributed by atoms with Gasteiger partial charge in [0.15, 0.2) is 0 Å². The third kappa shape index (κ3) is 2.12. The maximum absolute atomic E-state index is 13.2. The van der Waals surface area contributed by atoms with Crippen molar-refractivity contribution in [2.24, 2.45) is 0 Å². The van der Waals surface area contributed by atoms with Crippen LogP contribution in [0.3, 0.4) is 0 Å². The highest BCUT2D eigenvalue weighted by Crippen LogP contribution is 2.28. The number of hydrogen-bond donors (Lipinski definition) is 1. The van der Waals surface area contributed by atoms with Gasteiger partial charge in [-0.2, -0.15) is 0 Å². The van der Waals surface area contributed by atoms with Crippen molar-refractivity contribution in [3.8, 4) is 10.4 Å². The highest BCUT2D eigenvalue weighted by Gasteiger charge is 2.09. The first-order valence-corrected chi connectivity index (χ1v) is 5.53. The van der Waals surface area contributed by atoms with E-state index < -0.39 is 5.97 Å². The highest BCUT2D eigenvalue weighted by molar-refractivity contribution is 7.13. The standard InChI is InChI=1S/C12H9FO2S/c1-7-2-8(4-10(13)3-7)11-5-9(6-16-11)12(14)15/h2-6H,1H3,(H,14,15). The lowest BCUT2D eigenvalue weighted by Gasteiger charge is -1.99. The maximum atomic E-state index is 13.2. The maximum Gasteiger partial charge on any atom is 0.336 e. The van der Waals surface area contributed by atoms with Crippen molar-refractivity contribution in [2.75, 3.05) is 0 Å². The van der Waals surface area contributed by atoms with Gasteiger partial charge in [-0.3, -0.25) is 0 Å². The summed E-state index contributed by atoms with van der Waals surface area (Å²) in [6, 6.07) is 6.24. The third-order valence-electron chi connectivity index (χ3n) is 2.17. The van der Waals surface area contributed by atoms with Crippen LogP contribution in [-0.4, -0.2) is 11.1 Å². The predicted molar refractivity (Wildman–Crippen MR) is 61.4 cm³/mol. The second kappa shape index (κ2) is 4.06. The number of rotatable bonds is 2. The molecule has 0 saturated carbocycles. The summed E-state index contributed by atoms with van der Waals surface area (Å²) in [5.74, 6) is -1.27. The summed E-state index contributed by atoms with van der Waals surface area (Å²) in [5, 5.41) is 10.3. The predicted octanol–water partition coefficient (Wildman–Crippen LogP) is 3.56. The molecule has 0 fully saturated rings. The van der Waals surface area contributed by atoms with Crippen molar-refractivity contribution >= 4 is 17.3 Å². The Hall–Kier alpha value is -1.68. The van der Waals surface area contributed by atoms with Crippen LogP contribution in [0, 0.1) is 12.7 Å². The number of benzene rings is 1. The third-order valence-corrected chi connectivity index (χ3v) is 3.15.